The number of carbonyl (C=O) groups excluding carboxylic acids is 2. The molecule has 1 amide bonds. The van der Waals surface area contributed by atoms with Crippen LogP contribution in [0.2, 0.25) is 0 Å². The molecule has 2 aliphatic rings. The normalized spacial score (nSPS) is 16.5. The Balaban J connectivity index is 1.32. The molecule has 0 atom stereocenters. The second-order valence-electron chi connectivity index (χ2n) is 12.9. The highest BCUT2D eigenvalue weighted by Crippen LogP contribution is 2.46. The largest absolute Gasteiger partial charge is 0.468 e. The molecule has 1 aliphatic carbocycles. The van der Waals surface area contributed by atoms with E-state index in [1.807, 2.05) is 45.0 Å². The summed E-state index contributed by atoms with van der Waals surface area (Å²) in [7, 11) is 1.33. The Morgan fingerprint density at radius 1 is 1.00 bits per heavy atom. The third-order valence-corrected chi connectivity index (χ3v) is 8.65. The van der Waals surface area contributed by atoms with Crippen LogP contribution in [-0.4, -0.2) is 52.7 Å². The Morgan fingerprint density at radius 3 is 2.26 bits per heavy atom. The second-order valence-corrected chi connectivity index (χ2v) is 12.9. The summed E-state index contributed by atoms with van der Waals surface area (Å²) in [5.41, 5.74) is 0.301. The predicted molar refractivity (Wildman–Crippen MR) is 166 cm³/mol. The van der Waals surface area contributed by atoms with Gasteiger partial charge in [-0.2, -0.15) is 13.2 Å². The molecule has 1 saturated heterocycles. The molecule has 2 aromatic carbocycles. The van der Waals surface area contributed by atoms with Gasteiger partial charge in [0.25, 0.3) is 0 Å². The molecule has 1 aromatic heterocycles. The highest BCUT2D eigenvalue weighted by Gasteiger charge is 2.47. The maximum atomic E-state index is 13.9. The van der Waals surface area contributed by atoms with Crippen LogP contribution in [0.25, 0.3) is 0 Å². The molecule has 0 unspecified atom stereocenters. The minimum atomic E-state index is -4.69. The Hall–Kier alpha value is -4.39. The molecule has 3 aromatic rings. The van der Waals surface area contributed by atoms with Gasteiger partial charge < -0.3 is 14.4 Å². The van der Waals surface area contributed by atoms with Crippen molar-refractivity contribution in [2.75, 3.05) is 20.2 Å². The van der Waals surface area contributed by atoms with E-state index in [1.165, 1.54) is 7.11 Å². The molecule has 242 valence electrons. The molecule has 0 bridgehead atoms. The molecule has 0 radical (unpaired) electrons. The summed E-state index contributed by atoms with van der Waals surface area (Å²) < 4.78 is 52.4. The maximum absolute atomic E-state index is 13.9. The fourth-order valence-corrected chi connectivity index (χ4v) is 6.06. The SMILES string of the molecule is COC(=O)C1(c2ccccc2C#Cc2nc(Cc3ccc(C4CCN(C(=O)OC(C)(C)C)CC4)cc3)ncc2C(F)(F)F)CCC1. The Labute approximate surface area is 267 Å². The van der Waals surface area contributed by atoms with E-state index in [1.54, 1.807) is 29.2 Å². The zero-order valence-corrected chi connectivity index (χ0v) is 26.5. The van der Waals surface area contributed by atoms with Crippen molar-refractivity contribution in [1.82, 2.24) is 14.9 Å². The summed E-state index contributed by atoms with van der Waals surface area (Å²) in [6, 6.07) is 14.9. The van der Waals surface area contributed by atoms with Crippen LogP contribution >= 0.6 is 0 Å². The third kappa shape index (κ3) is 7.35. The van der Waals surface area contributed by atoms with Crippen LogP contribution in [0.4, 0.5) is 18.0 Å². The summed E-state index contributed by atoms with van der Waals surface area (Å²) in [4.78, 5) is 35.1. The van der Waals surface area contributed by atoms with Crippen LogP contribution in [0, 0.1) is 11.8 Å². The predicted octanol–water partition coefficient (Wildman–Crippen LogP) is 7.20. The number of piperidine rings is 1. The fraction of sp³-hybridized carbons (Fsp3) is 0.444. The number of benzene rings is 2. The minimum absolute atomic E-state index is 0.217. The number of rotatable bonds is 5. The smallest absolute Gasteiger partial charge is 0.420 e. The molecule has 5 rings (SSSR count). The number of halogens is 3. The molecule has 0 N–H and O–H groups in total. The van der Waals surface area contributed by atoms with Gasteiger partial charge in [-0.25, -0.2) is 14.8 Å². The standard InChI is InChI=1S/C36H38F3N3O4/c1-34(2,3)46-33(44)42-20-16-26(17-21-42)25-12-10-24(11-13-25)22-31-40-23-29(36(37,38)39)30(41-31)15-14-27-8-5-6-9-28(27)35(18-7-19-35)32(43)45-4/h5-6,8-13,23,26H,7,16-22H2,1-4H3. The van der Waals surface area contributed by atoms with Gasteiger partial charge in [0.2, 0.25) is 0 Å². The van der Waals surface area contributed by atoms with Gasteiger partial charge in [0.15, 0.2) is 0 Å². The van der Waals surface area contributed by atoms with E-state index in [-0.39, 0.29) is 30.2 Å². The summed E-state index contributed by atoms with van der Waals surface area (Å²) >= 11 is 0. The molecular weight excluding hydrogens is 595 g/mol. The van der Waals surface area contributed by atoms with Gasteiger partial charge >= 0.3 is 18.2 Å². The summed E-state index contributed by atoms with van der Waals surface area (Å²) in [5, 5.41) is 0. The van der Waals surface area contributed by atoms with Crippen LogP contribution in [0.15, 0.2) is 54.7 Å². The maximum Gasteiger partial charge on any atom is 0.420 e. The Kier molecular flexibility index (Phi) is 9.43. The number of aromatic nitrogens is 2. The van der Waals surface area contributed by atoms with Crippen molar-refractivity contribution >= 4 is 12.1 Å². The van der Waals surface area contributed by atoms with E-state index in [2.05, 4.69) is 21.8 Å². The van der Waals surface area contributed by atoms with E-state index in [0.717, 1.165) is 36.6 Å². The number of alkyl halides is 3. The van der Waals surface area contributed by atoms with Gasteiger partial charge in [0.05, 0.1) is 12.5 Å². The quantitative estimate of drug-likeness (QED) is 0.219. The van der Waals surface area contributed by atoms with Crippen molar-refractivity contribution in [3.05, 3.63) is 94.1 Å². The molecule has 1 saturated carbocycles. The molecular formula is C36H38F3N3O4. The molecule has 1 aliphatic heterocycles. The average Bonchev–Trinajstić information content (AvgIpc) is 2.99. The number of methoxy groups -OCH3 is 1. The lowest BCUT2D eigenvalue weighted by Gasteiger charge is -2.39. The number of hydrogen-bond donors (Lipinski definition) is 0. The Bertz CT molecular complexity index is 1640. The highest BCUT2D eigenvalue weighted by molar-refractivity contribution is 5.85. The first kappa shape index (κ1) is 33.0. The van der Waals surface area contributed by atoms with E-state index in [0.29, 0.717) is 37.1 Å². The molecule has 2 heterocycles. The van der Waals surface area contributed by atoms with Crippen LogP contribution in [0.3, 0.4) is 0 Å². The lowest BCUT2D eigenvalue weighted by molar-refractivity contribution is -0.151. The lowest BCUT2D eigenvalue weighted by atomic mass is 9.63. The van der Waals surface area contributed by atoms with E-state index in [4.69, 9.17) is 9.47 Å². The van der Waals surface area contributed by atoms with Crippen molar-refractivity contribution in [3.8, 4) is 11.8 Å². The third-order valence-electron chi connectivity index (χ3n) is 8.65. The van der Waals surface area contributed by atoms with Gasteiger partial charge in [0.1, 0.15) is 22.7 Å². The highest BCUT2D eigenvalue weighted by atomic mass is 19.4. The number of hydrogen-bond acceptors (Lipinski definition) is 6. The van der Waals surface area contributed by atoms with E-state index < -0.39 is 28.4 Å². The number of esters is 1. The summed E-state index contributed by atoms with van der Waals surface area (Å²) in [5.74, 6) is 5.65. The summed E-state index contributed by atoms with van der Waals surface area (Å²) in [6.45, 7) is 6.77. The molecule has 46 heavy (non-hydrogen) atoms. The molecule has 0 spiro atoms. The van der Waals surface area contributed by atoms with Crippen molar-refractivity contribution in [1.29, 1.82) is 0 Å². The van der Waals surface area contributed by atoms with Crippen molar-refractivity contribution < 1.29 is 32.2 Å². The van der Waals surface area contributed by atoms with E-state index in [9.17, 15) is 22.8 Å². The topological polar surface area (TPSA) is 81.6 Å². The van der Waals surface area contributed by atoms with Crippen molar-refractivity contribution in [2.24, 2.45) is 0 Å². The van der Waals surface area contributed by atoms with Gasteiger partial charge in [-0.1, -0.05) is 54.8 Å². The summed E-state index contributed by atoms with van der Waals surface area (Å²) in [6.07, 6.45) is -0.322. The average molecular weight is 634 g/mol. The Morgan fingerprint density at radius 2 is 1.67 bits per heavy atom. The fourth-order valence-electron chi connectivity index (χ4n) is 6.06. The number of amides is 1. The van der Waals surface area contributed by atoms with Gasteiger partial charge in [-0.15, -0.1) is 0 Å². The first-order valence-electron chi connectivity index (χ1n) is 15.5. The van der Waals surface area contributed by atoms with Crippen molar-refractivity contribution in [2.45, 2.75) is 82.4 Å². The van der Waals surface area contributed by atoms with Crippen LogP contribution in [-0.2, 0) is 32.3 Å². The second kappa shape index (κ2) is 13.1. The van der Waals surface area contributed by atoms with Crippen LogP contribution in [0.1, 0.15) is 98.1 Å². The van der Waals surface area contributed by atoms with Gasteiger partial charge in [0, 0.05) is 31.3 Å². The number of carbonyl (C=O) groups is 2. The number of nitrogens with zero attached hydrogens (tertiary/aromatic N) is 3. The molecule has 7 nitrogen and oxygen atoms in total. The van der Waals surface area contributed by atoms with Gasteiger partial charge in [-0.3, -0.25) is 4.79 Å². The zero-order valence-electron chi connectivity index (χ0n) is 26.5. The van der Waals surface area contributed by atoms with E-state index >= 15 is 0 Å². The van der Waals surface area contributed by atoms with Crippen LogP contribution in [0.5, 0.6) is 0 Å². The number of ether oxygens (including phenoxy) is 2. The first-order valence-corrected chi connectivity index (χ1v) is 15.5. The number of likely N-dealkylation sites (tertiary alicyclic amines) is 1. The monoisotopic (exact) mass is 633 g/mol. The molecule has 2 fully saturated rings. The van der Waals surface area contributed by atoms with Crippen LogP contribution < -0.4 is 0 Å². The van der Waals surface area contributed by atoms with Gasteiger partial charge in [-0.05, 0) is 81.0 Å². The minimum Gasteiger partial charge on any atom is -0.468 e. The lowest BCUT2D eigenvalue weighted by Crippen LogP contribution is -2.43. The zero-order chi connectivity index (χ0) is 33.1. The molecule has 10 heteroatoms. The first-order chi connectivity index (χ1) is 21.8. The van der Waals surface area contributed by atoms with Crippen molar-refractivity contribution in [3.63, 3.8) is 0 Å².